The highest BCUT2D eigenvalue weighted by Gasteiger charge is 2.20. The summed E-state index contributed by atoms with van der Waals surface area (Å²) in [6.07, 6.45) is 4.24. The third-order valence-electron chi connectivity index (χ3n) is 5.26. The minimum absolute atomic E-state index is 0.00366. The standard InChI is InChI=1S/C22H27N5O/c1-16(28)23-12-17-4-2-5-18(10-17)14-27-9-3-6-21(15-27)25-20-7-8-22-19(11-20)13-24-26-22/h2,4-5,7-8,10-11,13,21,25H,3,6,9,12,14-15H2,1H3,(H,23,28)(H,24,26)/t21-/m1/s1. The maximum atomic E-state index is 11.1. The summed E-state index contributed by atoms with van der Waals surface area (Å²) in [5.74, 6) is 0.00366. The summed E-state index contributed by atoms with van der Waals surface area (Å²) in [5.41, 5.74) is 4.66. The number of hydrogen-bond acceptors (Lipinski definition) is 4. The number of nitrogens with one attached hydrogen (secondary N) is 3. The van der Waals surface area contributed by atoms with Crippen LogP contribution in [-0.4, -0.2) is 40.1 Å². The molecule has 2 aromatic carbocycles. The molecular formula is C22H27N5O. The molecule has 0 aliphatic carbocycles. The van der Waals surface area contributed by atoms with Gasteiger partial charge in [0.2, 0.25) is 5.91 Å². The summed E-state index contributed by atoms with van der Waals surface area (Å²) in [7, 11) is 0. The van der Waals surface area contributed by atoms with Crippen LogP contribution in [0.5, 0.6) is 0 Å². The number of fused-ring (bicyclic) bond motifs is 1. The van der Waals surface area contributed by atoms with Gasteiger partial charge in [-0.3, -0.25) is 14.8 Å². The molecule has 4 rings (SSSR count). The van der Waals surface area contributed by atoms with Gasteiger partial charge in [0.1, 0.15) is 0 Å². The van der Waals surface area contributed by atoms with E-state index in [0.29, 0.717) is 12.6 Å². The number of likely N-dealkylation sites (tertiary alicyclic amines) is 1. The Hall–Kier alpha value is -2.86. The molecule has 3 aromatic rings. The normalized spacial score (nSPS) is 17.5. The van der Waals surface area contributed by atoms with Crippen molar-refractivity contribution in [1.29, 1.82) is 0 Å². The lowest BCUT2D eigenvalue weighted by Gasteiger charge is -2.33. The van der Waals surface area contributed by atoms with E-state index in [-0.39, 0.29) is 5.91 Å². The van der Waals surface area contributed by atoms with Crippen LogP contribution in [0.4, 0.5) is 5.69 Å². The van der Waals surface area contributed by atoms with Gasteiger partial charge in [0.05, 0.1) is 11.7 Å². The number of aromatic nitrogens is 2. The average Bonchev–Trinajstić information content (AvgIpc) is 3.15. The number of anilines is 1. The average molecular weight is 377 g/mol. The minimum atomic E-state index is 0.00366. The molecule has 0 saturated carbocycles. The Labute approximate surface area is 165 Å². The van der Waals surface area contributed by atoms with Crippen molar-refractivity contribution >= 4 is 22.5 Å². The lowest BCUT2D eigenvalue weighted by Crippen LogP contribution is -2.41. The van der Waals surface area contributed by atoms with E-state index in [4.69, 9.17) is 0 Å². The molecule has 1 aromatic heterocycles. The number of amides is 1. The van der Waals surface area contributed by atoms with Crippen LogP contribution in [0.2, 0.25) is 0 Å². The van der Waals surface area contributed by atoms with E-state index < -0.39 is 0 Å². The highest BCUT2D eigenvalue weighted by atomic mass is 16.1. The van der Waals surface area contributed by atoms with Crippen molar-refractivity contribution in [2.75, 3.05) is 18.4 Å². The number of carbonyl (C=O) groups is 1. The molecule has 6 nitrogen and oxygen atoms in total. The molecule has 0 bridgehead atoms. The largest absolute Gasteiger partial charge is 0.381 e. The molecule has 1 amide bonds. The van der Waals surface area contributed by atoms with E-state index in [2.05, 4.69) is 68.2 Å². The van der Waals surface area contributed by atoms with Gasteiger partial charge in [0, 0.05) is 43.7 Å². The predicted octanol–water partition coefficient (Wildman–Crippen LogP) is 3.28. The summed E-state index contributed by atoms with van der Waals surface area (Å²) in [5, 5.41) is 14.8. The van der Waals surface area contributed by atoms with Crippen molar-refractivity contribution in [3.8, 4) is 0 Å². The van der Waals surface area contributed by atoms with Crippen LogP contribution in [0.3, 0.4) is 0 Å². The van der Waals surface area contributed by atoms with Gasteiger partial charge < -0.3 is 10.6 Å². The fourth-order valence-electron chi connectivity index (χ4n) is 3.91. The summed E-state index contributed by atoms with van der Waals surface area (Å²) in [4.78, 5) is 13.6. The summed E-state index contributed by atoms with van der Waals surface area (Å²) in [6.45, 7) is 5.22. The van der Waals surface area contributed by atoms with Crippen molar-refractivity contribution in [2.24, 2.45) is 0 Å². The molecule has 0 radical (unpaired) electrons. The first-order valence-corrected chi connectivity index (χ1v) is 9.90. The van der Waals surface area contributed by atoms with Gasteiger partial charge in [-0.25, -0.2) is 0 Å². The molecular weight excluding hydrogens is 350 g/mol. The van der Waals surface area contributed by atoms with Gasteiger partial charge in [0.15, 0.2) is 0 Å². The van der Waals surface area contributed by atoms with Crippen molar-refractivity contribution < 1.29 is 4.79 Å². The Morgan fingerprint density at radius 1 is 1.25 bits per heavy atom. The maximum Gasteiger partial charge on any atom is 0.217 e. The van der Waals surface area contributed by atoms with E-state index in [9.17, 15) is 4.79 Å². The van der Waals surface area contributed by atoms with Crippen LogP contribution in [0.15, 0.2) is 48.7 Å². The number of nitrogens with zero attached hydrogens (tertiary/aromatic N) is 2. The topological polar surface area (TPSA) is 73.1 Å². The number of aromatic amines is 1. The third-order valence-corrected chi connectivity index (χ3v) is 5.26. The second-order valence-corrected chi connectivity index (χ2v) is 7.62. The van der Waals surface area contributed by atoms with Gasteiger partial charge in [0.25, 0.3) is 0 Å². The number of hydrogen-bond donors (Lipinski definition) is 3. The Bertz CT molecular complexity index is 951. The smallest absolute Gasteiger partial charge is 0.217 e. The fourth-order valence-corrected chi connectivity index (χ4v) is 3.91. The number of rotatable bonds is 6. The lowest BCUT2D eigenvalue weighted by molar-refractivity contribution is -0.119. The monoisotopic (exact) mass is 377 g/mol. The van der Waals surface area contributed by atoms with Gasteiger partial charge in [-0.1, -0.05) is 24.3 Å². The number of benzene rings is 2. The zero-order valence-corrected chi connectivity index (χ0v) is 16.2. The molecule has 1 aliphatic rings. The number of H-pyrrole nitrogens is 1. The van der Waals surface area contributed by atoms with Crippen LogP contribution in [-0.2, 0) is 17.9 Å². The lowest BCUT2D eigenvalue weighted by atomic mass is 10.0. The molecule has 1 fully saturated rings. The highest BCUT2D eigenvalue weighted by Crippen LogP contribution is 2.21. The molecule has 0 spiro atoms. The molecule has 1 saturated heterocycles. The van der Waals surface area contributed by atoms with Crippen molar-refractivity contribution in [1.82, 2.24) is 20.4 Å². The molecule has 1 aliphatic heterocycles. The molecule has 146 valence electrons. The predicted molar refractivity (Wildman–Crippen MR) is 112 cm³/mol. The molecule has 3 N–H and O–H groups in total. The first-order valence-electron chi connectivity index (χ1n) is 9.90. The Morgan fingerprint density at radius 2 is 2.14 bits per heavy atom. The summed E-state index contributed by atoms with van der Waals surface area (Å²) >= 11 is 0. The van der Waals surface area contributed by atoms with Crippen LogP contribution < -0.4 is 10.6 Å². The Balaban J connectivity index is 1.35. The third kappa shape index (κ3) is 4.70. The second kappa shape index (κ2) is 8.44. The van der Waals surface area contributed by atoms with E-state index in [1.165, 1.54) is 18.4 Å². The first-order chi connectivity index (χ1) is 13.7. The van der Waals surface area contributed by atoms with E-state index in [0.717, 1.165) is 41.8 Å². The first kappa shape index (κ1) is 18.5. The van der Waals surface area contributed by atoms with E-state index in [1.807, 2.05) is 6.20 Å². The van der Waals surface area contributed by atoms with Crippen LogP contribution >= 0.6 is 0 Å². The summed E-state index contributed by atoms with van der Waals surface area (Å²) < 4.78 is 0. The van der Waals surface area contributed by atoms with Crippen LogP contribution in [0.1, 0.15) is 30.9 Å². The minimum Gasteiger partial charge on any atom is -0.381 e. The molecule has 0 unspecified atom stereocenters. The van der Waals surface area contributed by atoms with E-state index >= 15 is 0 Å². The van der Waals surface area contributed by atoms with Crippen molar-refractivity contribution in [3.05, 3.63) is 59.8 Å². The zero-order valence-electron chi connectivity index (χ0n) is 16.2. The molecule has 1 atom stereocenters. The number of carbonyl (C=O) groups excluding carboxylic acids is 1. The van der Waals surface area contributed by atoms with Crippen molar-refractivity contribution in [2.45, 2.75) is 38.9 Å². The van der Waals surface area contributed by atoms with Crippen LogP contribution in [0.25, 0.3) is 10.9 Å². The Kier molecular flexibility index (Phi) is 5.58. The van der Waals surface area contributed by atoms with Gasteiger partial charge >= 0.3 is 0 Å². The molecule has 28 heavy (non-hydrogen) atoms. The maximum absolute atomic E-state index is 11.1. The SMILES string of the molecule is CC(=O)NCc1cccc(CN2CCC[C@@H](Nc3ccc4[nH]ncc4c3)C2)c1. The molecule has 2 heterocycles. The Morgan fingerprint density at radius 3 is 3.04 bits per heavy atom. The zero-order chi connectivity index (χ0) is 19.3. The van der Waals surface area contributed by atoms with Gasteiger partial charge in [-0.15, -0.1) is 0 Å². The number of piperidine rings is 1. The van der Waals surface area contributed by atoms with Crippen molar-refractivity contribution in [3.63, 3.8) is 0 Å². The molecule has 6 heteroatoms. The van der Waals surface area contributed by atoms with E-state index in [1.54, 1.807) is 6.92 Å². The van der Waals surface area contributed by atoms with Gasteiger partial charge in [-0.05, 0) is 48.7 Å². The fraction of sp³-hybridized carbons (Fsp3) is 0.364. The van der Waals surface area contributed by atoms with Gasteiger partial charge in [-0.2, -0.15) is 5.10 Å². The summed E-state index contributed by atoms with van der Waals surface area (Å²) in [6, 6.07) is 15.3. The highest BCUT2D eigenvalue weighted by molar-refractivity contribution is 5.81. The second-order valence-electron chi connectivity index (χ2n) is 7.62. The van der Waals surface area contributed by atoms with Crippen LogP contribution in [0, 0.1) is 0 Å². The quantitative estimate of drug-likeness (QED) is 0.616.